The van der Waals surface area contributed by atoms with E-state index in [1.54, 1.807) is 21.1 Å². The zero-order chi connectivity index (χ0) is 15.2. The number of ether oxygens (including phenoxy) is 1. The number of hydrogen-bond donors (Lipinski definition) is 2. The van der Waals surface area contributed by atoms with Crippen molar-refractivity contribution in [2.45, 2.75) is 25.3 Å². The van der Waals surface area contributed by atoms with E-state index in [1.807, 2.05) is 31.3 Å². The maximum atomic E-state index is 11.2. The van der Waals surface area contributed by atoms with Crippen molar-refractivity contribution in [2.75, 3.05) is 32.6 Å². The normalized spacial score (nSPS) is 13.6. The molecule has 5 nitrogen and oxygen atoms in total. The smallest absolute Gasteiger partial charge is 0.323 e. The number of rotatable bonds is 8. The molecule has 0 aliphatic carbocycles. The highest BCUT2D eigenvalue weighted by Gasteiger charge is 2.30. The molecule has 1 aromatic rings. The lowest BCUT2D eigenvalue weighted by Crippen LogP contribution is -2.47. The standard InChI is InChI=1S/C15H24N2O3/c1-15(16-2,14(18)19)10-7-11-17(3)12-8-5-6-9-13(12)20-4/h5-6,8-9,16H,7,10-11H2,1-4H3,(H,18,19). The van der Waals surface area contributed by atoms with E-state index in [0.29, 0.717) is 6.42 Å². The summed E-state index contributed by atoms with van der Waals surface area (Å²) in [6.07, 6.45) is 1.34. The number of anilines is 1. The fourth-order valence-corrected chi connectivity index (χ4v) is 2.07. The van der Waals surface area contributed by atoms with E-state index in [1.165, 1.54) is 0 Å². The highest BCUT2D eigenvalue weighted by molar-refractivity contribution is 5.78. The van der Waals surface area contributed by atoms with Gasteiger partial charge in [-0.2, -0.15) is 0 Å². The van der Waals surface area contributed by atoms with Crippen molar-refractivity contribution in [2.24, 2.45) is 0 Å². The van der Waals surface area contributed by atoms with Crippen LogP contribution in [0, 0.1) is 0 Å². The second kappa shape index (κ2) is 7.14. The first-order valence-electron chi connectivity index (χ1n) is 6.71. The summed E-state index contributed by atoms with van der Waals surface area (Å²) in [5, 5.41) is 12.1. The van der Waals surface area contributed by atoms with Crippen LogP contribution in [-0.2, 0) is 4.79 Å². The molecule has 1 unspecified atom stereocenters. The third-order valence-electron chi connectivity index (χ3n) is 3.69. The molecule has 5 heteroatoms. The first-order valence-corrected chi connectivity index (χ1v) is 6.71. The summed E-state index contributed by atoms with van der Waals surface area (Å²) in [7, 11) is 5.31. The Balaban J connectivity index is 2.60. The monoisotopic (exact) mass is 280 g/mol. The summed E-state index contributed by atoms with van der Waals surface area (Å²) in [6.45, 7) is 2.48. The Morgan fingerprint density at radius 1 is 1.45 bits per heavy atom. The molecule has 0 saturated heterocycles. The van der Waals surface area contributed by atoms with Gasteiger partial charge in [-0.05, 0) is 38.9 Å². The van der Waals surface area contributed by atoms with Crippen molar-refractivity contribution in [1.29, 1.82) is 0 Å². The first kappa shape index (κ1) is 16.3. The van der Waals surface area contributed by atoms with E-state index < -0.39 is 11.5 Å². The van der Waals surface area contributed by atoms with E-state index >= 15 is 0 Å². The van der Waals surface area contributed by atoms with Gasteiger partial charge in [0.05, 0.1) is 12.8 Å². The molecule has 0 radical (unpaired) electrons. The molecule has 2 N–H and O–H groups in total. The van der Waals surface area contributed by atoms with Crippen LogP contribution in [0.15, 0.2) is 24.3 Å². The summed E-state index contributed by atoms with van der Waals surface area (Å²) in [4.78, 5) is 13.3. The number of carboxylic acids is 1. The van der Waals surface area contributed by atoms with E-state index in [4.69, 9.17) is 4.74 Å². The zero-order valence-electron chi connectivity index (χ0n) is 12.6. The molecule has 0 amide bonds. The minimum absolute atomic E-state index is 0.568. The van der Waals surface area contributed by atoms with Crippen LogP contribution in [0.1, 0.15) is 19.8 Å². The molecule has 0 heterocycles. The Bertz CT molecular complexity index is 450. The number of benzene rings is 1. The van der Waals surface area contributed by atoms with Crippen molar-refractivity contribution in [3.8, 4) is 5.75 Å². The minimum atomic E-state index is -0.873. The lowest BCUT2D eigenvalue weighted by Gasteiger charge is -2.26. The van der Waals surface area contributed by atoms with Gasteiger partial charge in [0, 0.05) is 13.6 Å². The lowest BCUT2D eigenvalue weighted by atomic mass is 9.96. The molecule has 0 spiro atoms. The third-order valence-corrected chi connectivity index (χ3v) is 3.69. The van der Waals surface area contributed by atoms with Crippen LogP contribution in [-0.4, -0.2) is 44.4 Å². The molecule has 1 aromatic carbocycles. The molecule has 0 fully saturated rings. The maximum absolute atomic E-state index is 11.2. The predicted molar refractivity (Wildman–Crippen MR) is 80.6 cm³/mol. The number of methoxy groups -OCH3 is 1. The summed E-state index contributed by atoms with van der Waals surface area (Å²) in [5.41, 5.74) is 0.137. The Morgan fingerprint density at radius 2 is 2.10 bits per heavy atom. The van der Waals surface area contributed by atoms with Crippen LogP contribution in [0.4, 0.5) is 5.69 Å². The number of nitrogens with one attached hydrogen (secondary N) is 1. The van der Waals surface area contributed by atoms with Gasteiger partial charge >= 0.3 is 5.97 Å². The summed E-state index contributed by atoms with van der Waals surface area (Å²) in [6, 6.07) is 7.80. The zero-order valence-corrected chi connectivity index (χ0v) is 12.6. The highest BCUT2D eigenvalue weighted by Crippen LogP contribution is 2.27. The number of likely N-dealkylation sites (N-methyl/N-ethyl adjacent to an activating group) is 1. The Kier molecular flexibility index (Phi) is 5.82. The highest BCUT2D eigenvalue weighted by atomic mass is 16.5. The van der Waals surface area contributed by atoms with Crippen molar-refractivity contribution < 1.29 is 14.6 Å². The Hall–Kier alpha value is -1.75. The number of nitrogens with zero attached hydrogens (tertiary/aromatic N) is 1. The van der Waals surface area contributed by atoms with Gasteiger partial charge in [0.25, 0.3) is 0 Å². The molecule has 20 heavy (non-hydrogen) atoms. The summed E-state index contributed by atoms with van der Waals surface area (Å²) in [5.74, 6) is 0.00422. The minimum Gasteiger partial charge on any atom is -0.495 e. The molecular weight excluding hydrogens is 256 g/mol. The lowest BCUT2D eigenvalue weighted by molar-refractivity contribution is -0.144. The van der Waals surface area contributed by atoms with E-state index in [2.05, 4.69) is 10.2 Å². The van der Waals surface area contributed by atoms with Crippen LogP contribution in [0.25, 0.3) is 0 Å². The fourth-order valence-electron chi connectivity index (χ4n) is 2.07. The molecular formula is C15H24N2O3. The van der Waals surface area contributed by atoms with Gasteiger partial charge in [-0.3, -0.25) is 4.79 Å². The van der Waals surface area contributed by atoms with Crippen molar-refractivity contribution in [3.63, 3.8) is 0 Å². The largest absolute Gasteiger partial charge is 0.495 e. The molecule has 0 aromatic heterocycles. The number of carbonyl (C=O) groups is 1. The fraction of sp³-hybridized carbons (Fsp3) is 0.533. The van der Waals surface area contributed by atoms with Crippen molar-refractivity contribution >= 4 is 11.7 Å². The predicted octanol–water partition coefficient (Wildman–Crippen LogP) is 1.97. The van der Waals surface area contributed by atoms with Crippen LogP contribution >= 0.6 is 0 Å². The maximum Gasteiger partial charge on any atom is 0.323 e. The molecule has 0 bridgehead atoms. The van der Waals surface area contributed by atoms with Crippen molar-refractivity contribution in [1.82, 2.24) is 5.32 Å². The second-order valence-corrected chi connectivity index (χ2v) is 5.08. The van der Waals surface area contributed by atoms with Gasteiger partial charge in [0.1, 0.15) is 11.3 Å². The van der Waals surface area contributed by atoms with Crippen LogP contribution < -0.4 is 15.0 Å². The molecule has 1 rings (SSSR count). The van der Waals surface area contributed by atoms with Gasteiger partial charge in [-0.25, -0.2) is 0 Å². The number of aliphatic carboxylic acids is 1. The summed E-state index contributed by atoms with van der Waals surface area (Å²) < 4.78 is 5.32. The van der Waals surface area contributed by atoms with Gasteiger partial charge in [-0.15, -0.1) is 0 Å². The number of para-hydroxylation sites is 2. The summed E-state index contributed by atoms with van der Waals surface area (Å²) >= 11 is 0. The van der Waals surface area contributed by atoms with E-state index in [9.17, 15) is 9.90 Å². The van der Waals surface area contributed by atoms with E-state index in [-0.39, 0.29) is 0 Å². The van der Waals surface area contributed by atoms with Gasteiger partial charge in [-0.1, -0.05) is 12.1 Å². The number of carboxylic acid groups (broad SMARTS) is 1. The Labute approximate surface area is 120 Å². The van der Waals surface area contributed by atoms with E-state index in [0.717, 1.165) is 24.4 Å². The molecule has 0 aliphatic heterocycles. The average Bonchev–Trinajstić information content (AvgIpc) is 2.46. The van der Waals surface area contributed by atoms with Crippen LogP contribution in [0.2, 0.25) is 0 Å². The topological polar surface area (TPSA) is 61.8 Å². The quantitative estimate of drug-likeness (QED) is 0.762. The van der Waals surface area contributed by atoms with Crippen LogP contribution in [0.3, 0.4) is 0 Å². The van der Waals surface area contributed by atoms with Crippen LogP contribution in [0.5, 0.6) is 5.75 Å². The van der Waals surface area contributed by atoms with Gasteiger partial charge < -0.3 is 20.1 Å². The van der Waals surface area contributed by atoms with Crippen molar-refractivity contribution in [3.05, 3.63) is 24.3 Å². The Morgan fingerprint density at radius 3 is 2.65 bits per heavy atom. The van der Waals surface area contributed by atoms with Gasteiger partial charge in [0.15, 0.2) is 0 Å². The number of hydrogen-bond acceptors (Lipinski definition) is 4. The molecule has 1 atom stereocenters. The first-order chi connectivity index (χ1) is 9.44. The average molecular weight is 280 g/mol. The molecule has 0 saturated carbocycles. The third kappa shape index (κ3) is 3.87. The SMILES string of the molecule is CNC(C)(CCCN(C)c1ccccc1OC)C(=O)O. The molecule has 112 valence electrons. The van der Waals surface area contributed by atoms with Gasteiger partial charge in [0.2, 0.25) is 0 Å². The second-order valence-electron chi connectivity index (χ2n) is 5.08. The molecule has 0 aliphatic rings.